The maximum absolute atomic E-state index is 11.0. The lowest BCUT2D eigenvalue weighted by Gasteiger charge is -2.39. The van der Waals surface area contributed by atoms with Gasteiger partial charge in [-0.25, -0.2) is 4.79 Å². The first-order valence-corrected chi connectivity index (χ1v) is 5.17. The average molecular weight is 280 g/mol. The summed E-state index contributed by atoms with van der Waals surface area (Å²) in [5.74, 6) is -0.338. The zero-order valence-corrected chi connectivity index (χ0v) is 11.7. The van der Waals surface area contributed by atoms with Crippen LogP contribution in [-0.2, 0) is 9.53 Å². The Morgan fingerprint density at radius 1 is 1.40 bits per heavy atom. The molecule has 0 aliphatic rings. The molecule has 0 aromatic rings. The molecule has 15 heavy (non-hydrogen) atoms. The molecular formula is C11H22BrNO2. The van der Waals surface area contributed by atoms with Crippen molar-refractivity contribution in [2.24, 2.45) is 0 Å². The molecule has 0 heterocycles. The van der Waals surface area contributed by atoms with E-state index in [2.05, 4.69) is 34.3 Å². The molecule has 0 atom stereocenters. The fraction of sp³-hybridized carbons (Fsp3) is 0.727. The summed E-state index contributed by atoms with van der Waals surface area (Å²) in [6.45, 7) is 14.3. The van der Waals surface area contributed by atoms with Crippen LogP contribution in [0, 0.1) is 0 Å². The van der Waals surface area contributed by atoms with Crippen LogP contribution in [0.15, 0.2) is 12.7 Å². The normalized spacial score (nSPS) is 10.7. The molecule has 0 rings (SSSR count). The van der Waals surface area contributed by atoms with Gasteiger partial charge in [0.25, 0.3) is 0 Å². The second-order valence-electron chi connectivity index (χ2n) is 3.74. The van der Waals surface area contributed by atoms with Crippen LogP contribution in [0.25, 0.3) is 0 Å². The lowest BCUT2D eigenvalue weighted by Crippen LogP contribution is -3.00. The summed E-state index contributed by atoms with van der Waals surface area (Å²) in [6.07, 6.45) is 1.21. The fourth-order valence-electron chi connectivity index (χ4n) is 1.54. The number of esters is 1. The van der Waals surface area contributed by atoms with Crippen molar-refractivity contribution >= 4 is 5.97 Å². The molecule has 0 fully saturated rings. The Hall–Kier alpha value is -0.350. The van der Waals surface area contributed by atoms with E-state index in [0.717, 1.165) is 17.6 Å². The number of hydrogen-bond donors (Lipinski definition) is 0. The highest BCUT2D eigenvalue weighted by atomic mass is 79.9. The van der Waals surface area contributed by atoms with Gasteiger partial charge in [-0.1, -0.05) is 6.58 Å². The Labute approximate surface area is 103 Å². The Morgan fingerprint density at radius 3 is 2.13 bits per heavy atom. The van der Waals surface area contributed by atoms with Crippen LogP contribution in [0.5, 0.6) is 0 Å². The van der Waals surface area contributed by atoms with E-state index in [-0.39, 0.29) is 23.0 Å². The molecule has 90 valence electrons. The quantitative estimate of drug-likeness (QED) is 0.268. The van der Waals surface area contributed by atoms with Crippen LogP contribution in [0.2, 0.25) is 0 Å². The van der Waals surface area contributed by atoms with Crippen LogP contribution in [-0.4, -0.2) is 36.3 Å². The highest BCUT2D eigenvalue weighted by Gasteiger charge is 2.28. The number of carbonyl (C=O) groups excluding carboxylic acids is 1. The third-order valence-electron chi connectivity index (χ3n) is 2.99. The first-order chi connectivity index (χ1) is 6.52. The Bertz CT molecular complexity index is 201. The minimum absolute atomic E-state index is 0. The first kappa shape index (κ1) is 17.1. The van der Waals surface area contributed by atoms with Gasteiger partial charge in [0.2, 0.25) is 6.73 Å². The average Bonchev–Trinajstić information content (AvgIpc) is 2.19. The van der Waals surface area contributed by atoms with Crippen molar-refractivity contribution in [2.45, 2.75) is 33.7 Å². The maximum atomic E-state index is 11.0. The molecule has 0 unspecified atom stereocenters. The molecule has 0 aromatic heterocycles. The highest BCUT2D eigenvalue weighted by Crippen LogP contribution is 2.13. The van der Waals surface area contributed by atoms with Crippen molar-refractivity contribution in [1.82, 2.24) is 0 Å². The smallest absolute Gasteiger partial charge is 0.334 e. The lowest BCUT2D eigenvalue weighted by atomic mass is 10.2. The van der Waals surface area contributed by atoms with Crippen LogP contribution in [0.1, 0.15) is 27.7 Å². The minimum atomic E-state index is -0.338. The number of hydrogen-bond acceptors (Lipinski definition) is 2. The van der Waals surface area contributed by atoms with Gasteiger partial charge in [0.1, 0.15) is 0 Å². The predicted octanol–water partition coefficient (Wildman–Crippen LogP) is -1.06. The van der Waals surface area contributed by atoms with Gasteiger partial charge in [-0.15, -0.1) is 0 Å². The van der Waals surface area contributed by atoms with Gasteiger partial charge < -0.3 is 21.7 Å². The van der Waals surface area contributed by atoms with Crippen LogP contribution >= 0.6 is 0 Å². The first-order valence-electron chi connectivity index (χ1n) is 5.17. The van der Waals surface area contributed by atoms with Crippen LogP contribution in [0.3, 0.4) is 0 Å². The van der Waals surface area contributed by atoms with Gasteiger partial charge >= 0.3 is 5.97 Å². The third kappa shape index (κ3) is 4.80. The maximum Gasteiger partial charge on any atom is 0.334 e. The lowest BCUT2D eigenvalue weighted by molar-refractivity contribution is -0.959. The zero-order chi connectivity index (χ0) is 11.2. The van der Waals surface area contributed by atoms with E-state index in [1.165, 1.54) is 6.08 Å². The monoisotopic (exact) mass is 279 g/mol. The number of rotatable bonds is 6. The summed E-state index contributed by atoms with van der Waals surface area (Å²) in [7, 11) is 0. The number of nitrogens with zero attached hydrogens (tertiary/aromatic N) is 1. The van der Waals surface area contributed by atoms with Gasteiger partial charge in [-0.2, -0.15) is 0 Å². The zero-order valence-electron chi connectivity index (χ0n) is 10.1. The summed E-state index contributed by atoms with van der Waals surface area (Å²) in [5.41, 5.74) is 0. The van der Waals surface area contributed by atoms with Gasteiger partial charge in [0.05, 0.1) is 19.1 Å². The van der Waals surface area contributed by atoms with Crippen molar-refractivity contribution in [3.8, 4) is 0 Å². The van der Waals surface area contributed by atoms with Gasteiger partial charge in [0.15, 0.2) is 0 Å². The third-order valence-corrected chi connectivity index (χ3v) is 2.99. The molecule has 0 aliphatic heterocycles. The molecule has 4 heteroatoms. The largest absolute Gasteiger partial charge is 1.00 e. The number of quaternary nitrogens is 1. The molecule has 3 nitrogen and oxygen atoms in total. The van der Waals surface area contributed by atoms with Crippen molar-refractivity contribution in [1.29, 1.82) is 0 Å². The molecule has 0 aromatic carbocycles. The second kappa shape index (κ2) is 7.88. The van der Waals surface area contributed by atoms with E-state index in [1.807, 2.05) is 0 Å². The fourth-order valence-corrected chi connectivity index (χ4v) is 1.54. The molecule has 0 radical (unpaired) electrons. The topological polar surface area (TPSA) is 26.3 Å². The molecule has 0 saturated carbocycles. The number of ether oxygens (including phenoxy) is 1. The molecule has 0 N–H and O–H groups in total. The predicted molar refractivity (Wildman–Crippen MR) is 57.6 cm³/mol. The Morgan fingerprint density at radius 2 is 1.87 bits per heavy atom. The molecule has 0 aliphatic carbocycles. The van der Waals surface area contributed by atoms with Gasteiger partial charge in [-0.3, -0.25) is 4.48 Å². The Kier molecular flexibility index (Phi) is 8.96. The standard InChI is InChI=1S/C11H22NO2.BrH/c1-6-11(13)14-9-12(7-2,8-3)10(4)5;/h6,10H,1,7-9H2,2-5H3;1H/q+1;/p-1. The summed E-state index contributed by atoms with van der Waals surface area (Å²) in [4.78, 5) is 11.0. The minimum Gasteiger partial charge on any atom is -1.00 e. The van der Waals surface area contributed by atoms with E-state index in [4.69, 9.17) is 4.74 Å². The summed E-state index contributed by atoms with van der Waals surface area (Å²) in [6, 6.07) is 0.461. The van der Waals surface area contributed by atoms with Crippen molar-refractivity contribution < 1.29 is 31.0 Å². The molecule has 0 amide bonds. The molecule has 0 saturated heterocycles. The van der Waals surface area contributed by atoms with E-state index in [0.29, 0.717) is 12.8 Å². The number of halogens is 1. The van der Waals surface area contributed by atoms with Crippen molar-refractivity contribution in [3.63, 3.8) is 0 Å². The van der Waals surface area contributed by atoms with Crippen LogP contribution < -0.4 is 17.0 Å². The highest BCUT2D eigenvalue weighted by molar-refractivity contribution is 5.81. The van der Waals surface area contributed by atoms with Gasteiger partial charge in [0, 0.05) is 6.08 Å². The van der Waals surface area contributed by atoms with Gasteiger partial charge in [-0.05, 0) is 27.7 Å². The van der Waals surface area contributed by atoms with E-state index in [1.54, 1.807) is 0 Å². The molecular weight excluding hydrogens is 258 g/mol. The van der Waals surface area contributed by atoms with E-state index >= 15 is 0 Å². The second-order valence-corrected chi connectivity index (χ2v) is 3.74. The van der Waals surface area contributed by atoms with Crippen molar-refractivity contribution in [3.05, 3.63) is 12.7 Å². The van der Waals surface area contributed by atoms with E-state index in [9.17, 15) is 4.79 Å². The SMILES string of the molecule is C=CC(=O)OC[N+](CC)(CC)C(C)C.[Br-]. The molecule has 0 spiro atoms. The summed E-state index contributed by atoms with van der Waals surface area (Å²) >= 11 is 0. The molecule has 0 bridgehead atoms. The summed E-state index contributed by atoms with van der Waals surface area (Å²) in [5, 5.41) is 0. The summed E-state index contributed by atoms with van der Waals surface area (Å²) < 4.78 is 5.92. The van der Waals surface area contributed by atoms with Crippen molar-refractivity contribution in [2.75, 3.05) is 19.8 Å². The number of carbonyl (C=O) groups is 1. The Balaban J connectivity index is 0. The van der Waals surface area contributed by atoms with Crippen LogP contribution in [0.4, 0.5) is 0 Å². The van der Waals surface area contributed by atoms with E-state index < -0.39 is 0 Å².